The first-order valence-corrected chi connectivity index (χ1v) is 10.5. The average Bonchev–Trinajstić information content (AvgIpc) is 3.47. The van der Waals surface area contributed by atoms with E-state index in [9.17, 15) is 18.4 Å². The Kier molecular flexibility index (Phi) is 6.09. The maximum Gasteiger partial charge on any atom is 0.272 e. The topological polar surface area (TPSA) is 71.5 Å². The number of nitrogens with one attached hydrogen (secondary N) is 1. The van der Waals surface area contributed by atoms with Gasteiger partial charge in [-0.25, -0.2) is 13.8 Å². The Bertz CT molecular complexity index is 1010. The van der Waals surface area contributed by atoms with Crippen molar-refractivity contribution < 1.29 is 23.1 Å². The number of carbonyl (C=O) groups excluding carboxylic acids is 2. The van der Waals surface area contributed by atoms with Gasteiger partial charge >= 0.3 is 0 Å². The third-order valence-electron chi connectivity index (χ3n) is 5.58. The molecule has 1 saturated carbocycles. The number of alkyl halides is 2. The number of aromatic nitrogens is 1. The molecule has 1 aliphatic heterocycles. The summed E-state index contributed by atoms with van der Waals surface area (Å²) >= 11 is 6.19. The zero-order valence-electron chi connectivity index (χ0n) is 16.9. The fourth-order valence-electron chi connectivity index (χ4n) is 3.66. The maximum absolute atomic E-state index is 13.0. The van der Waals surface area contributed by atoms with Gasteiger partial charge in [0.15, 0.2) is 0 Å². The van der Waals surface area contributed by atoms with Crippen molar-refractivity contribution in [1.82, 2.24) is 9.88 Å². The Labute approximate surface area is 183 Å². The fraction of sp³-hybridized carbons (Fsp3) is 0.409. The van der Waals surface area contributed by atoms with Gasteiger partial charge in [0.05, 0.1) is 17.6 Å². The van der Waals surface area contributed by atoms with Crippen LogP contribution in [0.1, 0.15) is 53.7 Å². The number of fused-ring (bicyclic) bond motifs is 1. The van der Waals surface area contributed by atoms with Crippen LogP contribution in [-0.2, 0) is 11.3 Å². The van der Waals surface area contributed by atoms with E-state index in [1.165, 1.54) is 12.3 Å². The summed E-state index contributed by atoms with van der Waals surface area (Å²) < 4.78 is 29.7. The van der Waals surface area contributed by atoms with Gasteiger partial charge in [-0.05, 0) is 49.4 Å². The molecule has 0 saturated heterocycles. The number of pyridine rings is 1. The summed E-state index contributed by atoms with van der Waals surface area (Å²) in [6, 6.07) is 6.14. The molecule has 0 spiro atoms. The van der Waals surface area contributed by atoms with E-state index in [4.69, 9.17) is 16.3 Å². The normalized spacial score (nSPS) is 16.4. The molecule has 2 heterocycles. The van der Waals surface area contributed by atoms with E-state index >= 15 is 0 Å². The Balaban J connectivity index is 1.49. The molecule has 2 aromatic rings. The smallest absolute Gasteiger partial charge is 0.272 e. The van der Waals surface area contributed by atoms with Crippen LogP contribution in [-0.4, -0.2) is 34.7 Å². The summed E-state index contributed by atoms with van der Waals surface area (Å²) in [5.41, 5.74) is 1.93. The van der Waals surface area contributed by atoms with Gasteiger partial charge in [-0.3, -0.25) is 9.59 Å². The number of ether oxygens (including phenoxy) is 1. The predicted molar refractivity (Wildman–Crippen MR) is 111 cm³/mol. The Morgan fingerprint density at radius 1 is 1.35 bits per heavy atom. The average molecular weight is 450 g/mol. The van der Waals surface area contributed by atoms with E-state index in [0.717, 1.165) is 18.4 Å². The van der Waals surface area contributed by atoms with Crippen molar-refractivity contribution >= 4 is 29.2 Å². The zero-order valence-corrected chi connectivity index (χ0v) is 17.7. The number of carbonyl (C=O) groups is 2. The minimum absolute atomic E-state index is 0.0893. The number of anilines is 1. The van der Waals surface area contributed by atoms with E-state index in [1.807, 2.05) is 6.92 Å². The van der Waals surface area contributed by atoms with Crippen LogP contribution in [0.3, 0.4) is 0 Å². The molecule has 6 nitrogen and oxygen atoms in total. The van der Waals surface area contributed by atoms with Gasteiger partial charge < -0.3 is 15.0 Å². The molecule has 2 amide bonds. The molecule has 164 valence electrons. The van der Waals surface area contributed by atoms with Gasteiger partial charge in [0.2, 0.25) is 5.91 Å². The van der Waals surface area contributed by atoms with Crippen molar-refractivity contribution in [3.05, 3.63) is 52.2 Å². The molecule has 1 fully saturated rings. The first kappa shape index (κ1) is 21.5. The molecular weight excluding hydrogens is 428 g/mol. The predicted octanol–water partition coefficient (Wildman–Crippen LogP) is 4.83. The lowest BCUT2D eigenvalue weighted by atomic mass is 10.1. The van der Waals surface area contributed by atoms with E-state index in [-0.39, 0.29) is 28.6 Å². The second-order valence-electron chi connectivity index (χ2n) is 7.88. The highest BCUT2D eigenvalue weighted by Gasteiger charge is 2.34. The summed E-state index contributed by atoms with van der Waals surface area (Å²) in [7, 11) is 0. The van der Waals surface area contributed by atoms with Gasteiger partial charge in [0.25, 0.3) is 12.3 Å². The van der Waals surface area contributed by atoms with Gasteiger partial charge in [0, 0.05) is 23.7 Å². The first-order valence-electron chi connectivity index (χ1n) is 10.1. The van der Waals surface area contributed by atoms with Crippen LogP contribution in [0.5, 0.6) is 5.75 Å². The number of nitrogens with zero attached hydrogens (tertiary/aromatic N) is 2. The van der Waals surface area contributed by atoms with E-state index < -0.39 is 13.0 Å². The van der Waals surface area contributed by atoms with Crippen molar-refractivity contribution in [3.8, 4) is 5.75 Å². The van der Waals surface area contributed by atoms with Crippen molar-refractivity contribution in [2.24, 2.45) is 5.92 Å². The second-order valence-corrected chi connectivity index (χ2v) is 8.29. The van der Waals surface area contributed by atoms with E-state index in [1.54, 1.807) is 23.1 Å². The van der Waals surface area contributed by atoms with Crippen molar-refractivity contribution in [1.29, 1.82) is 0 Å². The molecule has 1 unspecified atom stereocenters. The Morgan fingerprint density at radius 2 is 2.13 bits per heavy atom. The molecule has 2 aliphatic rings. The van der Waals surface area contributed by atoms with Crippen LogP contribution in [0.25, 0.3) is 0 Å². The Hall–Kier alpha value is -2.74. The van der Waals surface area contributed by atoms with Crippen molar-refractivity contribution in [2.75, 3.05) is 11.9 Å². The molecule has 0 bridgehead atoms. The Morgan fingerprint density at radius 3 is 2.81 bits per heavy atom. The lowest BCUT2D eigenvalue weighted by molar-refractivity contribution is -0.116. The maximum atomic E-state index is 13.0. The van der Waals surface area contributed by atoms with Crippen LogP contribution in [0.4, 0.5) is 14.6 Å². The molecule has 1 atom stereocenters. The van der Waals surface area contributed by atoms with E-state index in [0.29, 0.717) is 35.8 Å². The molecule has 1 aromatic carbocycles. The lowest BCUT2D eigenvalue weighted by Gasteiger charge is -2.25. The molecule has 1 aromatic heterocycles. The molecule has 0 radical (unpaired) electrons. The van der Waals surface area contributed by atoms with E-state index in [2.05, 4.69) is 10.3 Å². The summed E-state index contributed by atoms with van der Waals surface area (Å²) in [6.07, 6.45) is 1.54. The quantitative estimate of drug-likeness (QED) is 0.626. The lowest BCUT2D eigenvalue weighted by Crippen LogP contribution is -2.27. The standard InChI is InChI=1S/C22H22ClF2N3O3/c1-12(14-4-5-18(17(23)9-14)31-11-19(24)25)28-10-16-15(22(28)30)6-7-26-21(16)27-20(29)8-13-2-3-13/h4-7,9,12-13,19H,2-3,8,10-11H2,1H3,(H,26,27,29). The zero-order chi connectivity index (χ0) is 22.1. The van der Waals surface area contributed by atoms with Crippen molar-refractivity contribution in [2.45, 2.75) is 45.2 Å². The van der Waals surface area contributed by atoms with Gasteiger partial charge in [-0.2, -0.15) is 0 Å². The van der Waals surface area contributed by atoms with Crippen molar-refractivity contribution in [3.63, 3.8) is 0 Å². The van der Waals surface area contributed by atoms with Gasteiger partial charge in [0.1, 0.15) is 18.2 Å². The number of amides is 2. The first-order chi connectivity index (χ1) is 14.8. The largest absolute Gasteiger partial charge is 0.486 e. The number of hydrogen-bond donors (Lipinski definition) is 1. The van der Waals surface area contributed by atoms with Gasteiger partial charge in [-0.15, -0.1) is 0 Å². The summed E-state index contributed by atoms with van der Waals surface area (Å²) in [4.78, 5) is 31.2. The summed E-state index contributed by atoms with van der Waals surface area (Å²) in [5.74, 6) is 0.774. The molecule has 1 aliphatic carbocycles. The minimum Gasteiger partial charge on any atom is -0.486 e. The van der Waals surface area contributed by atoms with Crippen LogP contribution in [0.2, 0.25) is 5.02 Å². The molecular formula is C22H22ClF2N3O3. The summed E-state index contributed by atoms with van der Waals surface area (Å²) in [6.45, 7) is 1.41. The molecule has 1 N–H and O–H groups in total. The van der Waals surface area contributed by atoms with Crippen LogP contribution >= 0.6 is 11.6 Å². The fourth-order valence-corrected chi connectivity index (χ4v) is 3.91. The highest BCUT2D eigenvalue weighted by molar-refractivity contribution is 6.32. The number of benzene rings is 1. The molecule has 9 heteroatoms. The van der Waals surface area contributed by atoms with Crippen LogP contribution < -0.4 is 10.1 Å². The number of rotatable bonds is 8. The molecule has 31 heavy (non-hydrogen) atoms. The number of hydrogen-bond acceptors (Lipinski definition) is 4. The van der Waals surface area contributed by atoms with Crippen LogP contribution in [0.15, 0.2) is 30.5 Å². The highest BCUT2D eigenvalue weighted by atomic mass is 35.5. The second kappa shape index (κ2) is 8.78. The number of halogens is 3. The highest BCUT2D eigenvalue weighted by Crippen LogP contribution is 2.37. The molecule has 4 rings (SSSR count). The van der Waals surface area contributed by atoms with Gasteiger partial charge in [-0.1, -0.05) is 17.7 Å². The monoisotopic (exact) mass is 449 g/mol. The van der Waals surface area contributed by atoms with Crippen LogP contribution in [0, 0.1) is 5.92 Å². The summed E-state index contributed by atoms with van der Waals surface area (Å²) in [5, 5.41) is 3.04. The SMILES string of the molecule is CC(c1ccc(OCC(F)F)c(Cl)c1)N1Cc2c(ccnc2NC(=O)CC2CC2)C1=O. The third-order valence-corrected chi connectivity index (χ3v) is 5.87. The third kappa shape index (κ3) is 4.79. The minimum atomic E-state index is -2.59.